The molecule has 2 heterocycles. The van der Waals surface area contributed by atoms with Crippen molar-refractivity contribution >= 4 is 86.0 Å². The number of hydrogen-bond acceptors (Lipinski definition) is 7. The smallest absolute Gasteiger partial charge is 0.344 e. The normalized spacial score (nSPS) is 16.4. The molecule has 0 aromatic heterocycles. The van der Waals surface area contributed by atoms with Gasteiger partial charge < -0.3 is 14.4 Å². The molecule has 2 aromatic rings. The number of esters is 1. The Morgan fingerprint density at radius 3 is 2.50 bits per heavy atom. The Morgan fingerprint density at radius 2 is 1.81 bits per heavy atom. The van der Waals surface area contributed by atoms with Gasteiger partial charge in [-0.1, -0.05) is 24.3 Å². The van der Waals surface area contributed by atoms with Gasteiger partial charge in [0.15, 0.2) is 6.61 Å². The zero-order chi connectivity index (χ0) is 25.8. The molecule has 2 aliphatic heterocycles. The van der Waals surface area contributed by atoms with Gasteiger partial charge in [0.2, 0.25) is 5.91 Å². The summed E-state index contributed by atoms with van der Waals surface area (Å²) in [5.74, 6) is -0.642. The predicted octanol–water partition coefficient (Wildman–Crippen LogP) is 4.46. The van der Waals surface area contributed by atoms with Gasteiger partial charge >= 0.3 is 5.97 Å². The van der Waals surface area contributed by atoms with Gasteiger partial charge in [0, 0.05) is 13.1 Å². The van der Waals surface area contributed by atoms with E-state index in [-0.39, 0.29) is 30.6 Å². The van der Waals surface area contributed by atoms with Crippen LogP contribution in [0.15, 0.2) is 41.3 Å². The topological polar surface area (TPSA) is 93.2 Å². The highest BCUT2D eigenvalue weighted by Gasteiger charge is 2.37. The molecule has 3 amide bonds. The molecule has 0 unspecified atom stereocenters. The summed E-state index contributed by atoms with van der Waals surface area (Å²) in [6.45, 7) is 2.56. The van der Waals surface area contributed by atoms with Crippen LogP contribution < -0.4 is 4.74 Å². The first-order valence-corrected chi connectivity index (χ1v) is 14.1. The number of fused-ring (bicyclic) bond motifs is 1. The summed E-state index contributed by atoms with van der Waals surface area (Å²) in [4.78, 5) is 53.0. The van der Waals surface area contributed by atoms with E-state index in [0.717, 1.165) is 35.8 Å². The maximum absolute atomic E-state index is 13.0. The SMILES string of the molecule is CCOC(=O)COc1c(I)cc(/C=C2\SC(=O)N(CC(=O)N3CCc4ccccc4C3)C2=O)cc1I. The van der Waals surface area contributed by atoms with Crippen molar-refractivity contribution in [1.29, 1.82) is 0 Å². The summed E-state index contributed by atoms with van der Waals surface area (Å²) in [6.07, 6.45) is 2.38. The zero-order valence-electron chi connectivity index (χ0n) is 19.3. The summed E-state index contributed by atoms with van der Waals surface area (Å²) in [6, 6.07) is 11.6. The van der Waals surface area contributed by atoms with Crippen LogP contribution in [0.2, 0.25) is 0 Å². The molecule has 188 valence electrons. The Labute approximate surface area is 240 Å². The summed E-state index contributed by atoms with van der Waals surface area (Å²) in [7, 11) is 0. The molecule has 2 aliphatic rings. The number of carbonyl (C=O) groups excluding carboxylic acids is 4. The van der Waals surface area contributed by atoms with Crippen LogP contribution in [0.25, 0.3) is 6.08 Å². The monoisotopic (exact) mass is 732 g/mol. The Bertz CT molecular complexity index is 1240. The second-order valence-electron chi connectivity index (χ2n) is 8.01. The minimum atomic E-state index is -0.483. The molecule has 1 fully saturated rings. The van der Waals surface area contributed by atoms with Crippen LogP contribution in [0.5, 0.6) is 5.75 Å². The van der Waals surface area contributed by atoms with Gasteiger partial charge in [0.05, 0.1) is 18.7 Å². The van der Waals surface area contributed by atoms with Gasteiger partial charge in [-0.3, -0.25) is 19.3 Å². The number of ether oxygens (including phenoxy) is 2. The van der Waals surface area contributed by atoms with Crippen LogP contribution in [0, 0.1) is 7.14 Å². The lowest BCUT2D eigenvalue weighted by molar-refractivity contribution is -0.145. The van der Waals surface area contributed by atoms with E-state index in [0.29, 0.717) is 24.4 Å². The molecule has 36 heavy (non-hydrogen) atoms. The van der Waals surface area contributed by atoms with E-state index >= 15 is 0 Å². The fourth-order valence-electron chi connectivity index (χ4n) is 3.87. The first-order valence-electron chi connectivity index (χ1n) is 11.1. The number of thioether (sulfide) groups is 1. The molecule has 0 N–H and O–H groups in total. The third-order valence-electron chi connectivity index (χ3n) is 5.61. The summed E-state index contributed by atoms with van der Waals surface area (Å²) >= 11 is 5.00. The zero-order valence-corrected chi connectivity index (χ0v) is 24.4. The lowest BCUT2D eigenvalue weighted by Gasteiger charge is -2.29. The van der Waals surface area contributed by atoms with Crippen molar-refractivity contribution in [3.8, 4) is 5.75 Å². The fourth-order valence-corrected chi connectivity index (χ4v) is 6.83. The van der Waals surface area contributed by atoms with E-state index in [4.69, 9.17) is 9.47 Å². The lowest BCUT2D eigenvalue weighted by Crippen LogP contribution is -2.44. The minimum absolute atomic E-state index is 0.200. The van der Waals surface area contributed by atoms with E-state index in [1.54, 1.807) is 30.0 Å². The van der Waals surface area contributed by atoms with Gasteiger partial charge in [-0.25, -0.2) is 4.79 Å². The summed E-state index contributed by atoms with van der Waals surface area (Å²) < 4.78 is 12.0. The van der Waals surface area contributed by atoms with Crippen molar-refractivity contribution in [2.24, 2.45) is 0 Å². The quantitative estimate of drug-likeness (QED) is 0.236. The highest BCUT2D eigenvalue weighted by atomic mass is 127. The first-order chi connectivity index (χ1) is 17.3. The van der Waals surface area contributed by atoms with E-state index in [9.17, 15) is 19.2 Å². The predicted molar refractivity (Wildman–Crippen MR) is 152 cm³/mol. The van der Waals surface area contributed by atoms with Gasteiger partial charge in [-0.05, 0) is 105 Å². The minimum Gasteiger partial charge on any atom is -0.480 e. The van der Waals surface area contributed by atoms with Crippen LogP contribution in [0.4, 0.5) is 4.79 Å². The molecular formula is C25H22I2N2O6S. The number of carbonyl (C=O) groups is 4. The summed E-state index contributed by atoms with van der Waals surface area (Å²) in [5.41, 5.74) is 3.01. The molecule has 0 saturated carbocycles. The maximum atomic E-state index is 13.0. The highest BCUT2D eigenvalue weighted by Crippen LogP contribution is 2.35. The van der Waals surface area contributed by atoms with Gasteiger partial charge in [-0.15, -0.1) is 0 Å². The molecule has 0 radical (unpaired) electrons. The molecule has 8 nitrogen and oxygen atoms in total. The number of nitrogens with zero attached hydrogens (tertiary/aromatic N) is 2. The van der Waals surface area contributed by atoms with Crippen LogP contribution in [-0.2, 0) is 32.1 Å². The van der Waals surface area contributed by atoms with Gasteiger partial charge in [0.25, 0.3) is 11.1 Å². The third-order valence-corrected chi connectivity index (χ3v) is 8.12. The maximum Gasteiger partial charge on any atom is 0.344 e. The number of amides is 3. The van der Waals surface area contributed by atoms with Crippen molar-refractivity contribution in [2.75, 3.05) is 26.3 Å². The number of rotatable bonds is 7. The third kappa shape index (κ3) is 6.22. The Morgan fingerprint density at radius 1 is 1.11 bits per heavy atom. The van der Waals surface area contributed by atoms with E-state index in [2.05, 4.69) is 51.2 Å². The fraction of sp³-hybridized carbons (Fsp3) is 0.280. The van der Waals surface area contributed by atoms with E-state index in [1.165, 1.54) is 5.56 Å². The molecular weight excluding hydrogens is 710 g/mol. The van der Waals surface area contributed by atoms with E-state index in [1.807, 2.05) is 18.2 Å². The lowest BCUT2D eigenvalue weighted by atomic mass is 10.00. The number of halogens is 2. The Balaban J connectivity index is 1.43. The van der Waals surface area contributed by atoms with Crippen molar-refractivity contribution in [1.82, 2.24) is 9.80 Å². The van der Waals surface area contributed by atoms with Crippen molar-refractivity contribution in [2.45, 2.75) is 19.9 Å². The molecule has 0 bridgehead atoms. The standard InChI is InChI=1S/C25H22I2N2O6S/c1-2-34-22(31)14-35-23-18(26)9-15(10-19(23)27)11-20-24(32)29(25(33)36-20)13-21(30)28-8-7-16-5-3-4-6-17(16)12-28/h3-6,9-11H,2,7-8,12-14H2,1H3/b20-11-. The highest BCUT2D eigenvalue weighted by molar-refractivity contribution is 14.1. The second kappa shape index (κ2) is 11.9. The molecule has 1 saturated heterocycles. The molecule has 11 heteroatoms. The number of imide groups is 1. The van der Waals surface area contributed by atoms with Gasteiger partial charge in [0.1, 0.15) is 12.3 Å². The van der Waals surface area contributed by atoms with Crippen molar-refractivity contribution < 1.29 is 28.7 Å². The molecule has 0 atom stereocenters. The van der Waals surface area contributed by atoms with Crippen LogP contribution in [0.1, 0.15) is 23.6 Å². The average Bonchev–Trinajstić information content (AvgIpc) is 3.10. The second-order valence-corrected chi connectivity index (χ2v) is 11.3. The van der Waals surface area contributed by atoms with E-state index < -0.39 is 17.1 Å². The van der Waals surface area contributed by atoms with Crippen molar-refractivity contribution in [3.05, 3.63) is 65.1 Å². The van der Waals surface area contributed by atoms with Crippen LogP contribution in [0.3, 0.4) is 0 Å². The largest absolute Gasteiger partial charge is 0.480 e. The number of benzene rings is 2. The first kappa shape index (κ1) is 26.9. The molecule has 0 aliphatic carbocycles. The van der Waals surface area contributed by atoms with Crippen LogP contribution >= 0.6 is 56.9 Å². The van der Waals surface area contributed by atoms with Crippen molar-refractivity contribution in [3.63, 3.8) is 0 Å². The molecule has 0 spiro atoms. The Hall–Kier alpha value is -2.13. The molecule has 4 rings (SSSR count). The van der Waals surface area contributed by atoms with Gasteiger partial charge in [-0.2, -0.15) is 0 Å². The summed E-state index contributed by atoms with van der Waals surface area (Å²) in [5, 5.41) is -0.462. The Kier molecular flexibility index (Phi) is 8.93. The average molecular weight is 732 g/mol. The van der Waals surface area contributed by atoms with Crippen LogP contribution in [-0.4, -0.2) is 59.1 Å². The number of hydrogen-bond donors (Lipinski definition) is 0. The molecule has 2 aromatic carbocycles.